The number of ether oxygens (including phenoxy) is 1. The topological polar surface area (TPSA) is 90.2 Å². The van der Waals surface area contributed by atoms with E-state index in [4.69, 9.17) is 9.84 Å². The monoisotopic (exact) mass is 308 g/mol. The Morgan fingerprint density at radius 2 is 1.55 bits per heavy atom. The van der Waals surface area contributed by atoms with Gasteiger partial charge < -0.3 is 25.2 Å². The zero-order valence-corrected chi connectivity index (χ0v) is 13.0. The summed E-state index contributed by atoms with van der Waals surface area (Å²) in [6.07, 6.45) is 2.77. The lowest BCUT2D eigenvalue weighted by molar-refractivity contribution is -0.205. The minimum Gasteiger partial charge on any atom is -0.394 e. The van der Waals surface area contributed by atoms with E-state index in [2.05, 4.69) is 6.92 Å². The molecule has 0 bridgehead atoms. The minimum absolute atomic E-state index is 0.362. The summed E-state index contributed by atoms with van der Waals surface area (Å²) in [7, 11) is 0. The number of hydrogen-bond donors (Lipinski definition) is 4. The van der Waals surface area contributed by atoms with Gasteiger partial charge in [0, 0.05) is 0 Å². The van der Waals surface area contributed by atoms with Crippen LogP contribution in [-0.2, 0) is 4.74 Å². The highest BCUT2D eigenvalue weighted by atomic mass is 32.2. The summed E-state index contributed by atoms with van der Waals surface area (Å²) in [5.41, 5.74) is -0.582. The Labute approximate surface area is 125 Å². The van der Waals surface area contributed by atoms with Gasteiger partial charge in [0.2, 0.25) is 0 Å². The first-order chi connectivity index (χ1) is 9.61. The molecule has 0 aromatic heterocycles. The van der Waals surface area contributed by atoms with E-state index in [0.29, 0.717) is 0 Å². The van der Waals surface area contributed by atoms with Crippen molar-refractivity contribution >= 4 is 11.8 Å². The van der Waals surface area contributed by atoms with Gasteiger partial charge in [-0.15, -0.1) is 11.8 Å². The van der Waals surface area contributed by atoms with Crippen molar-refractivity contribution in [2.45, 2.75) is 75.3 Å². The molecule has 0 aromatic carbocycles. The normalized spacial score (nSPS) is 34.4. The summed E-state index contributed by atoms with van der Waals surface area (Å²) < 4.78 is 5.43. The average molecular weight is 308 g/mol. The first kappa shape index (κ1) is 18.2. The lowest BCUT2D eigenvalue weighted by Crippen LogP contribution is -2.57. The molecule has 0 saturated carbocycles. The summed E-state index contributed by atoms with van der Waals surface area (Å²) in [6.45, 7) is 1.83. The van der Waals surface area contributed by atoms with Gasteiger partial charge >= 0.3 is 0 Å². The molecule has 1 aliphatic rings. The predicted octanol–water partition coefficient (Wildman–Crippen LogP) is 0.880. The van der Waals surface area contributed by atoms with Crippen LogP contribution in [0.2, 0.25) is 0 Å². The molecular weight excluding hydrogens is 280 g/mol. The second-order valence-corrected chi connectivity index (χ2v) is 6.54. The zero-order chi connectivity index (χ0) is 15.0. The van der Waals surface area contributed by atoms with Gasteiger partial charge in [-0.3, -0.25) is 0 Å². The Morgan fingerprint density at radius 3 is 2.20 bits per heavy atom. The zero-order valence-electron chi connectivity index (χ0n) is 12.1. The van der Waals surface area contributed by atoms with E-state index in [9.17, 15) is 15.3 Å². The number of aliphatic hydroxyl groups excluding tert-OH is 4. The van der Waals surface area contributed by atoms with Crippen LogP contribution in [-0.4, -0.2) is 62.6 Å². The Balaban J connectivity index is 2.21. The summed E-state index contributed by atoms with van der Waals surface area (Å²) in [5.74, 6) is 0.842. The van der Waals surface area contributed by atoms with Crippen molar-refractivity contribution in [3.05, 3.63) is 0 Å². The highest BCUT2D eigenvalue weighted by Crippen LogP contribution is 2.29. The van der Waals surface area contributed by atoms with Crippen molar-refractivity contribution in [1.29, 1.82) is 0 Å². The van der Waals surface area contributed by atoms with Crippen molar-refractivity contribution in [3.63, 3.8) is 0 Å². The number of unbranched alkanes of at least 4 members (excludes halogenated alkanes) is 5. The van der Waals surface area contributed by atoms with Crippen molar-refractivity contribution in [2.75, 3.05) is 12.4 Å². The van der Waals surface area contributed by atoms with Gasteiger partial charge in [-0.25, -0.2) is 0 Å². The van der Waals surface area contributed by atoms with E-state index in [1.54, 1.807) is 0 Å². The van der Waals surface area contributed by atoms with E-state index >= 15 is 0 Å². The molecule has 0 amide bonds. The smallest absolute Gasteiger partial charge is 0.132 e. The Morgan fingerprint density at radius 1 is 0.900 bits per heavy atom. The molecule has 0 aliphatic carbocycles. The summed E-state index contributed by atoms with van der Waals surface area (Å²) in [4.78, 5) is 0. The lowest BCUT2D eigenvalue weighted by atomic mass is 10.0. The van der Waals surface area contributed by atoms with Gasteiger partial charge in [-0.2, -0.15) is 0 Å². The van der Waals surface area contributed by atoms with Crippen LogP contribution in [0.5, 0.6) is 0 Å². The van der Waals surface area contributed by atoms with Crippen molar-refractivity contribution in [3.8, 4) is 0 Å². The third-order valence-corrected chi connectivity index (χ3v) is 4.87. The first-order valence-corrected chi connectivity index (χ1v) is 8.58. The molecule has 1 heterocycles. The third-order valence-electron chi connectivity index (χ3n) is 3.63. The number of rotatable bonds is 9. The summed E-state index contributed by atoms with van der Waals surface area (Å²) >= 11 is 1.44. The van der Waals surface area contributed by atoms with Gasteiger partial charge in [0.1, 0.15) is 29.9 Å². The van der Waals surface area contributed by atoms with Gasteiger partial charge in [-0.1, -0.05) is 39.0 Å². The Bertz CT molecular complexity index is 252. The van der Waals surface area contributed by atoms with Crippen LogP contribution in [0.15, 0.2) is 0 Å². The molecule has 1 fully saturated rings. The molecule has 1 rings (SSSR count). The molecule has 5 nitrogen and oxygen atoms in total. The standard InChI is InChI=1S/C14H28O5S/c1-2-3-4-5-6-7-8-20-14-13(18)12(17)11(16)10(9-15)19-14/h10-18H,2-9H2,1H3/t10-,11-,12-,13+,14+/m1/s1. The summed E-state index contributed by atoms with van der Waals surface area (Å²) in [5, 5.41) is 38.3. The molecule has 6 heteroatoms. The maximum atomic E-state index is 9.86. The van der Waals surface area contributed by atoms with E-state index in [1.165, 1.54) is 37.4 Å². The third kappa shape index (κ3) is 5.50. The SMILES string of the molecule is CCCCCCCCS[C@@H]1O[C@H](CO)[C@@H](O)[C@@H](O)[C@@H]1O. The molecule has 120 valence electrons. The fourth-order valence-electron chi connectivity index (χ4n) is 2.29. The van der Waals surface area contributed by atoms with Crippen LogP contribution in [0.1, 0.15) is 45.4 Å². The molecule has 1 aliphatic heterocycles. The van der Waals surface area contributed by atoms with Crippen LogP contribution in [0.3, 0.4) is 0 Å². The average Bonchev–Trinajstić information content (AvgIpc) is 2.46. The maximum Gasteiger partial charge on any atom is 0.132 e. The second-order valence-electron chi connectivity index (χ2n) is 5.34. The van der Waals surface area contributed by atoms with Crippen molar-refractivity contribution in [1.82, 2.24) is 0 Å². The fourth-order valence-corrected chi connectivity index (χ4v) is 3.47. The van der Waals surface area contributed by atoms with Crippen LogP contribution in [0.25, 0.3) is 0 Å². The van der Waals surface area contributed by atoms with Gasteiger partial charge in [0.25, 0.3) is 0 Å². The number of aliphatic hydroxyl groups is 4. The summed E-state index contributed by atoms with van der Waals surface area (Å²) in [6, 6.07) is 0. The van der Waals surface area contributed by atoms with Crippen molar-refractivity contribution < 1.29 is 25.2 Å². The largest absolute Gasteiger partial charge is 0.394 e. The number of hydrogen-bond acceptors (Lipinski definition) is 6. The number of thioether (sulfide) groups is 1. The highest BCUT2D eigenvalue weighted by molar-refractivity contribution is 7.99. The fraction of sp³-hybridized carbons (Fsp3) is 1.00. The van der Waals surface area contributed by atoms with E-state index in [-0.39, 0.29) is 6.61 Å². The van der Waals surface area contributed by atoms with Gasteiger partial charge in [0.05, 0.1) is 6.61 Å². The first-order valence-electron chi connectivity index (χ1n) is 7.54. The predicted molar refractivity (Wildman–Crippen MR) is 79.6 cm³/mol. The van der Waals surface area contributed by atoms with Crippen LogP contribution in [0.4, 0.5) is 0 Å². The molecule has 5 atom stereocenters. The molecule has 0 unspecified atom stereocenters. The minimum atomic E-state index is -1.26. The van der Waals surface area contributed by atoms with Crippen molar-refractivity contribution in [2.24, 2.45) is 0 Å². The van der Waals surface area contributed by atoms with E-state index in [0.717, 1.165) is 18.6 Å². The van der Waals surface area contributed by atoms with E-state index < -0.39 is 29.9 Å². The maximum absolute atomic E-state index is 9.86. The molecule has 4 N–H and O–H groups in total. The lowest BCUT2D eigenvalue weighted by Gasteiger charge is -2.39. The molecule has 0 spiro atoms. The molecule has 20 heavy (non-hydrogen) atoms. The highest BCUT2D eigenvalue weighted by Gasteiger charge is 2.43. The van der Waals surface area contributed by atoms with Crippen LogP contribution in [0, 0.1) is 0 Å². The van der Waals surface area contributed by atoms with Gasteiger partial charge in [0.15, 0.2) is 0 Å². The molecule has 1 saturated heterocycles. The Hall–Kier alpha value is 0.150. The molecular formula is C14H28O5S. The van der Waals surface area contributed by atoms with E-state index in [1.807, 2.05) is 0 Å². The van der Waals surface area contributed by atoms with Crippen LogP contribution < -0.4 is 0 Å². The van der Waals surface area contributed by atoms with Crippen LogP contribution >= 0.6 is 11.8 Å². The van der Waals surface area contributed by atoms with Gasteiger partial charge in [-0.05, 0) is 12.2 Å². The second kappa shape index (κ2) is 9.97. The quantitative estimate of drug-likeness (QED) is 0.473. The Kier molecular flexibility index (Phi) is 9.08. The molecule has 0 aromatic rings. The molecule has 0 radical (unpaired) electrons.